The van der Waals surface area contributed by atoms with Gasteiger partial charge in [0.05, 0.1) is 25.4 Å². The lowest BCUT2D eigenvalue weighted by Crippen LogP contribution is -2.42. The third-order valence-corrected chi connectivity index (χ3v) is 8.98. The molecule has 3 N–H and O–H groups in total. The normalized spacial score (nSPS) is 22.3. The highest BCUT2D eigenvalue weighted by atomic mass is 19.4. The van der Waals surface area contributed by atoms with Gasteiger partial charge in [-0.05, 0) is 30.5 Å². The number of nitrogens with two attached hydrogens (primary N) is 1. The largest absolute Gasteiger partial charge is 0.480 e. The van der Waals surface area contributed by atoms with E-state index in [0.717, 1.165) is 4.90 Å². The number of aromatic nitrogens is 4. The number of hydrogen-bond donors (Lipinski definition) is 2. The number of carbonyl (C=O) groups excluding carboxylic acids is 2. The molecule has 5 heterocycles. The monoisotopic (exact) mass is 670 g/mol. The Hall–Kier alpha value is -4.35. The van der Waals surface area contributed by atoms with Crippen LogP contribution in [0.15, 0.2) is 24.7 Å². The van der Waals surface area contributed by atoms with Crippen molar-refractivity contribution in [3.05, 3.63) is 35.8 Å². The number of carbonyl (C=O) groups is 2. The van der Waals surface area contributed by atoms with Gasteiger partial charge in [0.15, 0.2) is 5.82 Å². The van der Waals surface area contributed by atoms with Gasteiger partial charge in [-0.15, -0.1) is 0 Å². The number of methoxy groups -OCH3 is 1. The number of fused-ring (bicyclic) bond motifs is 1. The second-order valence-corrected chi connectivity index (χ2v) is 12.2. The van der Waals surface area contributed by atoms with Crippen molar-refractivity contribution in [2.45, 2.75) is 56.5 Å². The van der Waals surface area contributed by atoms with Crippen LogP contribution in [0.1, 0.15) is 41.6 Å². The minimum Gasteiger partial charge on any atom is -0.480 e. The number of pyridine rings is 1. The smallest absolute Gasteiger partial charge is 0.409 e. The number of halogens is 6. The first-order valence-electron chi connectivity index (χ1n) is 14.9. The molecule has 3 aliphatic rings. The Balaban J connectivity index is 1.19. The zero-order chi connectivity index (χ0) is 33.7. The molecule has 2 aliphatic heterocycles. The molecule has 0 unspecified atom stereocenters. The van der Waals surface area contributed by atoms with E-state index in [1.54, 1.807) is 6.07 Å². The summed E-state index contributed by atoms with van der Waals surface area (Å²) in [5.41, 5.74) is 6.04. The van der Waals surface area contributed by atoms with E-state index in [-0.39, 0.29) is 62.6 Å². The van der Waals surface area contributed by atoms with Crippen LogP contribution in [-0.4, -0.2) is 106 Å². The maximum atomic E-state index is 15.0. The van der Waals surface area contributed by atoms with Crippen molar-refractivity contribution in [1.82, 2.24) is 34.7 Å². The number of alkyl halides is 6. The van der Waals surface area contributed by atoms with Gasteiger partial charge in [0.1, 0.15) is 35.6 Å². The van der Waals surface area contributed by atoms with Gasteiger partial charge in [-0.3, -0.25) is 9.69 Å². The maximum Gasteiger partial charge on any atom is 0.409 e. The van der Waals surface area contributed by atoms with Crippen molar-refractivity contribution in [1.29, 1.82) is 0 Å². The number of nitrogens with zero attached hydrogens (tertiary/aromatic N) is 6. The molecule has 3 fully saturated rings. The standard InChI is InChI=1S/C29H32F6N8O4/c1-46-25-18(24(44)40-20-13-42(12-19(20)30)26(45)47-14-27(2-3-27)29(33,34)35)8-16(10-37-25)21-9-17(22-23(36)38-15-39-43(21)22)11-41-6-4-28(31,32)5-7-41/h8-10,15,19-20H,2-7,11-14H2,1H3,(H,40,44)(H2,36,38,39)/t19-,20+/m0/s1. The van der Waals surface area contributed by atoms with Crippen molar-refractivity contribution >= 4 is 23.3 Å². The number of rotatable bonds is 8. The summed E-state index contributed by atoms with van der Waals surface area (Å²) in [5, 5.41) is 6.82. The van der Waals surface area contributed by atoms with Gasteiger partial charge in [0.2, 0.25) is 5.88 Å². The van der Waals surface area contributed by atoms with E-state index in [1.807, 2.05) is 4.90 Å². The SMILES string of the molecule is COc1ncc(-c2cc(CN3CCC(F)(F)CC3)c3c(N)ncnn23)cc1C(=O)N[C@@H]1CN(C(=O)OCC2(C(F)(F)F)CC2)C[C@@H]1F. The Morgan fingerprint density at radius 2 is 1.83 bits per heavy atom. The zero-order valence-electron chi connectivity index (χ0n) is 25.2. The van der Waals surface area contributed by atoms with Gasteiger partial charge in [-0.1, -0.05) is 0 Å². The van der Waals surface area contributed by atoms with Crippen LogP contribution in [0.3, 0.4) is 0 Å². The summed E-state index contributed by atoms with van der Waals surface area (Å²) in [6.45, 7) is -0.998. The molecule has 2 amide bonds. The first-order chi connectivity index (χ1) is 22.2. The molecule has 2 saturated heterocycles. The Kier molecular flexibility index (Phi) is 8.34. The molecule has 47 heavy (non-hydrogen) atoms. The second kappa shape index (κ2) is 12.0. The summed E-state index contributed by atoms with van der Waals surface area (Å²) in [4.78, 5) is 37.0. The summed E-state index contributed by atoms with van der Waals surface area (Å²) in [6.07, 6.45) is -5.50. The molecule has 0 bridgehead atoms. The van der Waals surface area contributed by atoms with Crippen LogP contribution in [-0.2, 0) is 11.3 Å². The molecule has 18 heteroatoms. The quantitative estimate of drug-likeness (QED) is 0.342. The summed E-state index contributed by atoms with van der Waals surface area (Å²) in [5.74, 6) is -3.41. The fourth-order valence-corrected chi connectivity index (χ4v) is 5.91. The lowest BCUT2D eigenvalue weighted by molar-refractivity contribution is -0.197. The molecule has 1 saturated carbocycles. The van der Waals surface area contributed by atoms with Gasteiger partial charge in [0.25, 0.3) is 11.8 Å². The van der Waals surface area contributed by atoms with E-state index in [1.165, 1.54) is 30.2 Å². The highest BCUT2D eigenvalue weighted by Gasteiger charge is 2.64. The third-order valence-electron chi connectivity index (χ3n) is 8.98. The number of ether oxygens (including phenoxy) is 2. The van der Waals surface area contributed by atoms with Crippen LogP contribution >= 0.6 is 0 Å². The molecule has 2 atom stereocenters. The van der Waals surface area contributed by atoms with Crippen molar-refractivity contribution in [2.24, 2.45) is 5.41 Å². The Bertz CT molecular complexity index is 1670. The van der Waals surface area contributed by atoms with E-state index in [9.17, 15) is 35.9 Å². The van der Waals surface area contributed by atoms with Crippen LogP contribution in [0.4, 0.5) is 37.0 Å². The average molecular weight is 671 g/mol. The molecule has 0 spiro atoms. The van der Waals surface area contributed by atoms with E-state index in [2.05, 4.69) is 20.4 Å². The molecule has 3 aromatic rings. The average Bonchev–Trinajstić information content (AvgIpc) is 3.63. The van der Waals surface area contributed by atoms with Crippen molar-refractivity contribution in [3.8, 4) is 17.1 Å². The molecule has 12 nitrogen and oxygen atoms in total. The molecule has 6 rings (SSSR count). The Morgan fingerprint density at radius 3 is 2.49 bits per heavy atom. The predicted molar refractivity (Wildman–Crippen MR) is 153 cm³/mol. The van der Waals surface area contributed by atoms with Gasteiger partial charge in [-0.2, -0.15) is 18.3 Å². The first-order valence-corrected chi connectivity index (χ1v) is 14.9. The number of nitrogens with one attached hydrogen (secondary N) is 1. The van der Waals surface area contributed by atoms with Crippen molar-refractivity contribution < 1.29 is 45.4 Å². The third kappa shape index (κ3) is 6.46. The lowest BCUT2D eigenvalue weighted by Gasteiger charge is -2.31. The van der Waals surface area contributed by atoms with Gasteiger partial charge in [-0.25, -0.2) is 32.4 Å². The van der Waals surface area contributed by atoms with E-state index < -0.39 is 54.9 Å². The van der Waals surface area contributed by atoms with Crippen LogP contribution in [0.25, 0.3) is 16.8 Å². The van der Waals surface area contributed by atoms with Crippen molar-refractivity contribution in [3.63, 3.8) is 0 Å². The molecule has 3 aromatic heterocycles. The Labute approximate surface area is 264 Å². The summed E-state index contributed by atoms with van der Waals surface area (Å²) in [7, 11) is 1.29. The van der Waals surface area contributed by atoms with E-state index in [4.69, 9.17) is 15.2 Å². The van der Waals surface area contributed by atoms with Gasteiger partial charge in [0, 0.05) is 50.8 Å². The number of piperidine rings is 1. The number of nitrogen functional groups attached to an aromatic ring is 1. The van der Waals surface area contributed by atoms with Crippen LogP contribution in [0.2, 0.25) is 0 Å². The summed E-state index contributed by atoms with van der Waals surface area (Å²) >= 11 is 0. The molecular weight excluding hydrogens is 638 g/mol. The molecule has 254 valence electrons. The van der Waals surface area contributed by atoms with Gasteiger partial charge < -0.3 is 25.4 Å². The zero-order valence-corrected chi connectivity index (χ0v) is 25.2. The maximum absolute atomic E-state index is 15.0. The fraction of sp³-hybridized carbons (Fsp3) is 0.552. The second-order valence-electron chi connectivity index (χ2n) is 12.2. The minimum absolute atomic E-state index is 0.0733. The van der Waals surface area contributed by atoms with Crippen LogP contribution < -0.4 is 15.8 Å². The van der Waals surface area contributed by atoms with Crippen LogP contribution in [0, 0.1) is 5.41 Å². The number of anilines is 1. The molecule has 1 aliphatic carbocycles. The highest BCUT2D eigenvalue weighted by molar-refractivity contribution is 5.98. The molecule has 0 aromatic carbocycles. The molecular formula is C29H32F6N8O4. The van der Waals surface area contributed by atoms with Crippen LogP contribution in [0.5, 0.6) is 5.88 Å². The molecule has 0 radical (unpaired) electrons. The predicted octanol–water partition coefficient (Wildman–Crippen LogP) is 3.84. The van der Waals surface area contributed by atoms with Gasteiger partial charge >= 0.3 is 12.3 Å². The lowest BCUT2D eigenvalue weighted by atomic mass is 10.1. The number of amides is 2. The summed E-state index contributed by atoms with van der Waals surface area (Å²) < 4.78 is 93.7. The number of likely N-dealkylation sites (tertiary alicyclic amines) is 2. The van der Waals surface area contributed by atoms with E-state index >= 15 is 0 Å². The Morgan fingerprint density at radius 1 is 1.11 bits per heavy atom. The minimum atomic E-state index is -4.51. The summed E-state index contributed by atoms with van der Waals surface area (Å²) in [6, 6.07) is 2.01. The topological polar surface area (TPSA) is 140 Å². The number of hydrogen-bond acceptors (Lipinski definition) is 9. The fourth-order valence-electron chi connectivity index (χ4n) is 5.91. The van der Waals surface area contributed by atoms with E-state index in [0.29, 0.717) is 28.9 Å². The first kappa shape index (κ1) is 32.6. The van der Waals surface area contributed by atoms with Crippen molar-refractivity contribution in [2.75, 3.05) is 45.6 Å². The highest BCUT2D eigenvalue weighted by Crippen LogP contribution is 2.57.